The molecule has 1 heteroatoms. The Bertz CT molecular complexity index is 274. The zero-order valence-corrected chi connectivity index (χ0v) is 10.5. The molecule has 1 aromatic carbocycles. The van der Waals surface area contributed by atoms with Gasteiger partial charge in [0.2, 0.25) is 0 Å². The topological polar surface area (TPSA) is 3.24 Å². The van der Waals surface area contributed by atoms with E-state index in [9.17, 15) is 0 Å². The Morgan fingerprint density at radius 2 is 1.73 bits per heavy atom. The lowest BCUT2D eigenvalue weighted by molar-refractivity contribution is 0.387. The summed E-state index contributed by atoms with van der Waals surface area (Å²) in [4.78, 5) is 2.25. The smallest absolute Gasteiger partial charge is 0.00246 e. The molecule has 0 aliphatic heterocycles. The van der Waals surface area contributed by atoms with E-state index in [1.807, 2.05) is 0 Å². The van der Waals surface area contributed by atoms with Gasteiger partial charge in [-0.3, -0.25) is 0 Å². The second kappa shape index (κ2) is 5.92. The quantitative estimate of drug-likeness (QED) is 0.711. The van der Waals surface area contributed by atoms with Crippen LogP contribution in [0.25, 0.3) is 0 Å². The van der Waals surface area contributed by atoms with Crippen molar-refractivity contribution in [2.75, 3.05) is 20.6 Å². The molecule has 0 fully saturated rings. The zero-order valence-electron chi connectivity index (χ0n) is 10.5. The van der Waals surface area contributed by atoms with Gasteiger partial charge in [0.05, 0.1) is 0 Å². The number of hydrogen-bond donors (Lipinski definition) is 0. The van der Waals surface area contributed by atoms with E-state index >= 15 is 0 Å². The molecule has 1 nitrogen and oxygen atoms in total. The van der Waals surface area contributed by atoms with Crippen LogP contribution in [0.4, 0.5) is 0 Å². The Kier molecular flexibility index (Phi) is 4.83. The largest absolute Gasteiger partial charge is 0.309 e. The first-order valence-electron chi connectivity index (χ1n) is 5.81. The predicted molar refractivity (Wildman–Crippen MR) is 67.4 cm³/mol. The highest BCUT2D eigenvalue weighted by atomic mass is 15.0. The van der Waals surface area contributed by atoms with Crippen molar-refractivity contribution in [2.45, 2.75) is 32.6 Å². The van der Waals surface area contributed by atoms with Gasteiger partial charge in [0.15, 0.2) is 0 Å². The molecule has 1 unspecified atom stereocenters. The fourth-order valence-corrected chi connectivity index (χ4v) is 1.78. The molecular weight excluding hydrogens is 182 g/mol. The molecular formula is C14H23N. The molecule has 0 aliphatic carbocycles. The van der Waals surface area contributed by atoms with E-state index in [0.29, 0.717) is 5.92 Å². The average molecular weight is 205 g/mol. The minimum atomic E-state index is 0.686. The van der Waals surface area contributed by atoms with E-state index < -0.39 is 0 Å². The summed E-state index contributed by atoms with van der Waals surface area (Å²) >= 11 is 0. The summed E-state index contributed by atoms with van der Waals surface area (Å²) in [5.74, 6) is 0.686. The van der Waals surface area contributed by atoms with Crippen LogP contribution in [-0.2, 0) is 0 Å². The van der Waals surface area contributed by atoms with Crippen molar-refractivity contribution in [1.29, 1.82) is 0 Å². The average Bonchev–Trinajstić information content (AvgIpc) is 2.18. The molecule has 0 saturated carbocycles. The Balaban J connectivity index is 2.40. The van der Waals surface area contributed by atoms with Crippen LogP contribution in [0.15, 0.2) is 24.3 Å². The summed E-state index contributed by atoms with van der Waals surface area (Å²) in [5.41, 5.74) is 2.82. The van der Waals surface area contributed by atoms with Gasteiger partial charge in [-0.1, -0.05) is 36.8 Å². The fraction of sp³-hybridized carbons (Fsp3) is 0.571. The Labute approximate surface area is 94.1 Å². The highest BCUT2D eigenvalue weighted by Gasteiger charge is 2.04. The number of hydrogen-bond acceptors (Lipinski definition) is 1. The Morgan fingerprint density at radius 3 is 2.27 bits per heavy atom. The van der Waals surface area contributed by atoms with Gasteiger partial charge < -0.3 is 4.90 Å². The van der Waals surface area contributed by atoms with Gasteiger partial charge >= 0.3 is 0 Å². The third kappa shape index (κ3) is 4.48. The molecule has 0 bridgehead atoms. The monoisotopic (exact) mass is 205 g/mol. The molecule has 1 atom stereocenters. The molecule has 0 aromatic heterocycles. The minimum absolute atomic E-state index is 0.686. The van der Waals surface area contributed by atoms with Crippen LogP contribution in [0.1, 0.15) is 36.8 Å². The van der Waals surface area contributed by atoms with E-state index in [2.05, 4.69) is 57.1 Å². The van der Waals surface area contributed by atoms with Gasteiger partial charge in [0.25, 0.3) is 0 Å². The number of nitrogens with zero attached hydrogens (tertiary/aromatic N) is 1. The van der Waals surface area contributed by atoms with Gasteiger partial charge in [0, 0.05) is 0 Å². The van der Waals surface area contributed by atoms with Crippen LogP contribution in [0.2, 0.25) is 0 Å². The maximum atomic E-state index is 2.32. The summed E-state index contributed by atoms with van der Waals surface area (Å²) in [6.45, 7) is 5.65. The molecule has 0 spiro atoms. The Morgan fingerprint density at radius 1 is 1.13 bits per heavy atom. The summed E-state index contributed by atoms with van der Waals surface area (Å²) in [7, 11) is 4.27. The van der Waals surface area contributed by atoms with Gasteiger partial charge in [-0.15, -0.1) is 0 Å². The molecule has 1 rings (SSSR count). The number of rotatable bonds is 5. The first-order valence-corrected chi connectivity index (χ1v) is 5.81. The van der Waals surface area contributed by atoms with Crippen molar-refractivity contribution in [3.05, 3.63) is 35.4 Å². The summed E-state index contributed by atoms with van der Waals surface area (Å²) < 4.78 is 0. The summed E-state index contributed by atoms with van der Waals surface area (Å²) in [6.07, 6.45) is 2.56. The lowest BCUT2D eigenvalue weighted by atomic mass is 9.95. The van der Waals surface area contributed by atoms with Gasteiger partial charge in [-0.25, -0.2) is 0 Å². The SMILES string of the molecule is Cc1ccc(C(C)CCCN(C)C)cc1. The highest BCUT2D eigenvalue weighted by molar-refractivity contribution is 5.23. The van der Waals surface area contributed by atoms with Crippen LogP contribution < -0.4 is 0 Å². The highest BCUT2D eigenvalue weighted by Crippen LogP contribution is 2.20. The molecule has 0 N–H and O–H groups in total. The van der Waals surface area contributed by atoms with Crippen LogP contribution in [0, 0.1) is 6.92 Å². The molecule has 0 radical (unpaired) electrons. The van der Waals surface area contributed by atoms with Crippen molar-refractivity contribution in [1.82, 2.24) is 4.90 Å². The van der Waals surface area contributed by atoms with Crippen molar-refractivity contribution in [3.63, 3.8) is 0 Å². The third-order valence-corrected chi connectivity index (χ3v) is 2.89. The van der Waals surface area contributed by atoms with Gasteiger partial charge in [0.1, 0.15) is 0 Å². The Hall–Kier alpha value is -0.820. The minimum Gasteiger partial charge on any atom is -0.309 e. The van der Waals surface area contributed by atoms with E-state index in [1.165, 1.54) is 30.5 Å². The van der Waals surface area contributed by atoms with E-state index in [-0.39, 0.29) is 0 Å². The van der Waals surface area contributed by atoms with E-state index in [4.69, 9.17) is 0 Å². The van der Waals surface area contributed by atoms with Crippen molar-refractivity contribution in [3.8, 4) is 0 Å². The standard InChI is InChI=1S/C14H23N/c1-12-7-9-14(10-8-12)13(2)6-5-11-15(3)4/h7-10,13H,5-6,11H2,1-4H3. The second-order valence-corrected chi connectivity index (χ2v) is 4.76. The molecule has 84 valence electrons. The first-order chi connectivity index (χ1) is 7.09. The van der Waals surface area contributed by atoms with Crippen molar-refractivity contribution >= 4 is 0 Å². The van der Waals surface area contributed by atoms with E-state index in [0.717, 1.165) is 0 Å². The molecule has 0 amide bonds. The predicted octanol–water partition coefficient (Wildman–Crippen LogP) is 3.44. The third-order valence-electron chi connectivity index (χ3n) is 2.89. The van der Waals surface area contributed by atoms with Gasteiger partial charge in [-0.05, 0) is 51.9 Å². The van der Waals surface area contributed by atoms with Crippen molar-refractivity contribution in [2.24, 2.45) is 0 Å². The maximum Gasteiger partial charge on any atom is -0.00246 e. The van der Waals surface area contributed by atoms with Crippen LogP contribution in [0.3, 0.4) is 0 Å². The van der Waals surface area contributed by atoms with Crippen LogP contribution in [0.5, 0.6) is 0 Å². The normalized spacial score (nSPS) is 13.1. The molecule has 0 aliphatic rings. The molecule has 0 heterocycles. The molecule has 0 saturated heterocycles. The first kappa shape index (κ1) is 12.3. The van der Waals surface area contributed by atoms with E-state index in [1.54, 1.807) is 0 Å². The van der Waals surface area contributed by atoms with Crippen LogP contribution in [-0.4, -0.2) is 25.5 Å². The summed E-state index contributed by atoms with van der Waals surface area (Å²) in [6, 6.07) is 8.93. The maximum absolute atomic E-state index is 2.32. The lowest BCUT2D eigenvalue weighted by Crippen LogP contribution is -2.13. The fourth-order valence-electron chi connectivity index (χ4n) is 1.78. The van der Waals surface area contributed by atoms with Gasteiger partial charge in [-0.2, -0.15) is 0 Å². The summed E-state index contributed by atoms with van der Waals surface area (Å²) in [5, 5.41) is 0. The second-order valence-electron chi connectivity index (χ2n) is 4.76. The lowest BCUT2D eigenvalue weighted by Gasteiger charge is -2.14. The zero-order chi connectivity index (χ0) is 11.3. The van der Waals surface area contributed by atoms with Crippen molar-refractivity contribution < 1.29 is 0 Å². The number of benzene rings is 1. The molecule has 1 aromatic rings. The molecule has 15 heavy (non-hydrogen) atoms. The number of aryl methyl sites for hydroxylation is 1. The van der Waals surface area contributed by atoms with Crippen LogP contribution >= 0.6 is 0 Å².